The van der Waals surface area contributed by atoms with Crippen molar-refractivity contribution in [3.05, 3.63) is 29.3 Å². The fourth-order valence-electron chi connectivity index (χ4n) is 1.72. The summed E-state index contributed by atoms with van der Waals surface area (Å²) in [5.74, 6) is 0.806. The van der Waals surface area contributed by atoms with E-state index in [1.807, 2.05) is 19.1 Å². The molecule has 0 amide bonds. The number of ether oxygens (including phenoxy) is 2. The number of esters is 1. The van der Waals surface area contributed by atoms with Gasteiger partial charge in [-0.05, 0) is 30.4 Å². The van der Waals surface area contributed by atoms with Crippen LogP contribution in [-0.2, 0) is 11.2 Å². The Morgan fingerprint density at radius 2 is 2.00 bits per heavy atom. The summed E-state index contributed by atoms with van der Waals surface area (Å²) in [6.07, 6.45) is 1.66. The SMILES string of the molecule is CCCOC(=O)c1cccc(CC)c1OCC(C)C. The molecule has 0 heterocycles. The molecule has 0 unspecified atom stereocenters. The van der Waals surface area contributed by atoms with E-state index in [1.165, 1.54) is 0 Å². The molecular formula is C16H24O3. The van der Waals surface area contributed by atoms with Crippen molar-refractivity contribution in [2.24, 2.45) is 5.92 Å². The van der Waals surface area contributed by atoms with Gasteiger partial charge in [0.25, 0.3) is 0 Å². The Morgan fingerprint density at radius 1 is 1.26 bits per heavy atom. The average molecular weight is 264 g/mol. The Bertz CT molecular complexity index is 410. The summed E-state index contributed by atoms with van der Waals surface area (Å²) in [5.41, 5.74) is 1.58. The molecule has 0 saturated carbocycles. The van der Waals surface area contributed by atoms with Crippen molar-refractivity contribution in [1.82, 2.24) is 0 Å². The van der Waals surface area contributed by atoms with E-state index in [-0.39, 0.29) is 5.97 Å². The minimum Gasteiger partial charge on any atom is -0.492 e. The lowest BCUT2D eigenvalue weighted by Gasteiger charge is -2.16. The molecule has 1 aromatic rings. The van der Waals surface area contributed by atoms with E-state index in [1.54, 1.807) is 6.07 Å². The zero-order chi connectivity index (χ0) is 14.3. The van der Waals surface area contributed by atoms with Gasteiger partial charge >= 0.3 is 5.97 Å². The van der Waals surface area contributed by atoms with Gasteiger partial charge in [-0.2, -0.15) is 0 Å². The molecule has 0 aliphatic rings. The fraction of sp³-hybridized carbons (Fsp3) is 0.562. The van der Waals surface area contributed by atoms with E-state index in [2.05, 4.69) is 20.8 Å². The molecule has 0 fully saturated rings. The van der Waals surface area contributed by atoms with Gasteiger partial charge in [0.15, 0.2) is 0 Å². The van der Waals surface area contributed by atoms with E-state index >= 15 is 0 Å². The highest BCUT2D eigenvalue weighted by Crippen LogP contribution is 2.26. The first-order valence-electron chi connectivity index (χ1n) is 7.01. The second kappa shape index (κ2) is 7.82. The largest absolute Gasteiger partial charge is 0.492 e. The number of carbonyl (C=O) groups is 1. The van der Waals surface area contributed by atoms with E-state index in [0.29, 0.717) is 30.4 Å². The molecular weight excluding hydrogens is 240 g/mol. The first-order chi connectivity index (χ1) is 9.10. The van der Waals surface area contributed by atoms with Gasteiger partial charge in [-0.1, -0.05) is 39.8 Å². The second-order valence-corrected chi connectivity index (χ2v) is 4.99. The topological polar surface area (TPSA) is 35.5 Å². The Kier molecular flexibility index (Phi) is 6.40. The van der Waals surface area contributed by atoms with Crippen LogP contribution in [0.4, 0.5) is 0 Å². The van der Waals surface area contributed by atoms with Crippen molar-refractivity contribution in [3.8, 4) is 5.75 Å². The van der Waals surface area contributed by atoms with Crippen LogP contribution in [0, 0.1) is 5.92 Å². The summed E-state index contributed by atoms with van der Waals surface area (Å²) in [6, 6.07) is 5.64. The maximum Gasteiger partial charge on any atom is 0.341 e. The molecule has 0 saturated heterocycles. The first kappa shape index (κ1) is 15.5. The molecule has 1 aromatic carbocycles. The quantitative estimate of drug-likeness (QED) is 0.702. The minimum atomic E-state index is -0.295. The van der Waals surface area contributed by atoms with Crippen LogP contribution in [0.2, 0.25) is 0 Å². The standard InChI is InChI=1S/C16H24O3/c1-5-10-18-16(17)14-9-7-8-13(6-2)15(14)19-11-12(3)4/h7-9,12H,5-6,10-11H2,1-4H3. The summed E-state index contributed by atoms with van der Waals surface area (Å²) in [6.45, 7) is 9.25. The molecule has 0 spiro atoms. The number of rotatable bonds is 7. The Balaban J connectivity index is 2.97. The predicted molar refractivity (Wildman–Crippen MR) is 76.7 cm³/mol. The number of benzene rings is 1. The van der Waals surface area contributed by atoms with Crippen molar-refractivity contribution in [1.29, 1.82) is 0 Å². The molecule has 3 heteroatoms. The fourth-order valence-corrected chi connectivity index (χ4v) is 1.72. The lowest BCUT2D eigenvalue weighted by molar-refractivity contribution is 0.0499. The van der Waals surface area contributed by atoms with Crippen LogP contribution in [0.5, 0.6) is 5.75 Å². The van der Waals surface area contributed by atoms with Crippen LogP contribution in [0.1, 0.15) is 50.0 Å². The molecule has 0 aliphatic carbocycles. The Morgan fingerprint density at radius 3 is 2.58 bits per heavy atom. The zero-order valence-corrected chi connectivity index (χ0v) is 12.4. The maximum absolute atomic E-state index is 12.0. The predicted octanol–water partition coefficient (Wildman–Crippen LogP) is 3.85. The third-order valence-corrected chi connectivity index (χ3v) is 2.70. The number of aryl methyl sites for hydroxylation is 1. The molecule has 0 atom stereocenters. The molecule has 0 aliphatic heterocycles. The van der Waals surface area contributed by atoms with Crippen molar-refractivity contribution >= 4 is 5.97 Å². The molecule has 0 bridgehead atoms. The average Bonchev–Trinajstić information content (AvgIpc) is 2.41. The van der Waals surface area contributed by atoms with Gasteiger partial charge in [0, 0.05) is 0 Å². The second-order valence-electron chi connectivity index (χ2n) is 4.99. The molecule has 106 valence electrons. The maximum atomic E-state index is 12.0. The number of hydrogen-bond acceptors (Lipinski definition) is 3. The monoisotopic (exact) mass is 264 g/mol. The minimum absolute atomic E-state index is 0.295. The van der Waals surface area contributed by atoms with Crippen LogP contribution in [0.3, 0.4) is 0 Å². The molecule has 3 nitrogen and oxygen atoms in total. The molecule has 19 heavy (non-hydrogen) atoms. The summed E-state index contributed by atoms with van der Waals surface area (Å²) < 4.78 is 11.0. The molecule has 1 rings (SSSR count). The van der Waals surface area contributed by atoms with Crippen molar-refractivity contribution in [2.45, 2.75) is 40.5 Å². The highest BCUT2D eigenvalue weighted by Gasteiger charge is 2.17. The lowest BCUT2D eigenvalue weighted by atomic mass is 10.1. The highest BCUT2D eigenvalue weighted by atomic mass is 16.5. The van der Waals surface area contributed by atoms with E-state index < -0.39 is 0 Å². The normalized spacial score (nSPS) is 10.6. The molecule has 0 N–H and O–H groups in total. The van der Waals surface area contributed by atoms with Gasteiger partial charge in [-0.3, -0.25) is 0 Å². The highest BCUT2D eigenvalue weighted by molar-refractivity contribution is 5.93. The van der Waals surface area contributed by atoms with Gasteiger partial charge in [0.2, 0.25) is 0 Å². The van der Waals surface area contributed by atoms with Crippen LogP contribution in [0.25, 0.3) is 0 Å². The molecule has 0 radical (unpaired) electrons. The van der Waals surface area contributed by atoms with Gasteiger partial charge in [0.1, 0.15) is 11.3 Å². The van der Waals surface area contributed by atoms with E-state index in [0.717, 1.165) is 18.4 Å². The van der Waals surface area contributed by atoms with Crippen LogP contribution in [-0.4, -0.2) is 19.2 Å². The number of hydrogen-bond donors (Lipinski definition) is 0. The third kappa shape index (κ3) is 4.58. The van der Waals surface area contributed by atoms with Crippen LogP contribution < -0.4 is 4.74 Å². The van der Waals surface area contributed by atoms with Crippen LogP contribution in [0.15, 0.2) is 18.2 Å². The zero-order valence-electron chi connectivity index (χ0n) is 12.4. The summed E-state index contributed by atoms with van der Waals surface area (Å²) in [4.78, 5) is 12.0. The van der Waals surface area contributed by atoms with Crippen molar-refractivity contribution in [2.75, 3.05) is 13.2 Å². The van der Waals surface area contributed by atoms with E-state index in [4.69, 9.17) is 9.47 Å². The van der Waals surface area contributed by atoms with Crippen molar-refractivity contribution in [3.63, 3.8) is 0 Å². The van der Waals surface area contributed by atoms with Crippen molar-refractivity contribution < 1.29 is 14.3 Å². The molecule has 0 aromatic heterocycles. The first-order valence-corrected chi connectivity index (χ1v) is 7.01. The third-order valence-electron chi connectivity index (χ3n) is 2.70. The van der Waals surface area contributed by atoms with Gasteiger partial charge in [0.05, 0.1) is 13.2 Å². The summed E-state index contributed by atoms with van der Waals surface area (Å²) in [5, 5.41) is 0. The smallest absolute Gasteiger partial charge is 0.341 e. The van der Waals surface area contributed by atoms with Crippen LogP contribution >= 0.6 is 0 Å². The number of para-hydroxylation sites is 1. The summed E-state index contributed by atoms with van der Waals surface area (Å²) >= 11 is 0. The van der Waals surface area contributed by atoms with Gasteiger partial charge < -0.3 is 9.47 Å². The Hall–Kier alpha value is -1.51. The van der Waals surface area contributed by atoms with Gasteiger partial charge in [-0.25, -0.2) is 4.79 Å². The number of carbonyl (C=O) groups excluding carboxylic acids is 1. The van der Waals surface area contributed by atoms with Gasteiger partial charge in [-0.15, -0.1) is 0 Å². The van der Waals surface area contributed by atoms with E-state index in [9.17, 15) is 4.79 Å². The summed E-state index contributed by atoms with van der Waals surface area (Å²) in [7, 11) is 0. The lowest BCUT2D eigenvalue weighted by Crippen LogP contribution is -2.12. The Labute approximate surface area is 115 Å².